The zero-order valence-electron chi connectivity index (χ0n) is 7.41. The summed E-state index contributed by atoms with van der Waals surface area (Å²) in [6.07, 6.45) is -2.38. The van der Waals surface area contributed by atoms with Gasteiger partial charge in [0.2, 0.25) is 0 Å². The molecule has 0 amide bonds. The third-order valence-electron chi connectivity index (χ3n) is 2.40. The minimum absolute atomic E-state index is 0.0313. The number of hydrogen-bond donors (Lipinski definition) is 1. The lowest BCUT2D eigenvalue weighted by atomic mass is 9.99. The summed E-state index contributed by atoms with van der Waals surface area (Å²) < 4.78 is 23.9. The van der Waals surface area contributed by atoms with Gasteiger partial charge in [0.1, 0.15) is 0 Å². The van der Waals surface area contributed by atoms with Crippen LogP contribution < -0.4 is 0 Å². The Balaban J connectivity index is 2.45. The second kappa shape index (κ2) is 4.00. The first-order valence-corrected chi connectivity index (χ1v) is 4.24. The van der Waals surface area contributed by atoms with Crippen LogP contribution in [0.25, 0.3) is 0 Å². The molecule has 0 aromatic carbocycles. The summed E-state index contributed by atoms with van der Waals surface area (Å²) in [5.74, 6) is -1.40. The number of aliphatic carboxylic acids is 1. The molecule has 1 heterocycles. The van der Waals surface area contributed by atoms with Crippen LogP contribution in [0.1, 0.15) is 6.92 Å². The van der Waals surface area contributed by atoms with Crippen LogP contribution in [0.2, 0.25) is 0 Å². The first kappa shape index (κ1) is 10.4. The van der Waals surface area contributed by atoms with Crippen molar-refractivity contribution in [2.45, 2.75) is 13.3 Å². The van der Waals surface area contributed by atoms with Gasteiger partial charge in [-0.15, -0.1) is 0 Å². The molecular weight excluding hydrogens is 180 g/mol. The van der Waals surface area contributed by atoms with E-state index in [0.29, 0.717) is 6.54 Å². The van der Waals surface area contributed by atoms with E-state index in [1.54, 1.807) is 6.92 Å². The fourth-order valence-corrected chi connectivity index (χ4v) is 1.73. The first-order chi connectivity index (χ1) is 6.00. The Morgan fingerprint density at radius 3 is 2.62 bits per heavy atom. The van der Waals surface area contributed by atoms with E-state index >= 15 is 0 Å². The van der Waals surface area contributed by atoms with E-state index in [-0.39, 0.29) is 19.0 Å². The van der Waals surface area contributed by atoms with E-state index in [0.717, 1.165) is 0 Å². The summed E-state index contributed by atoms with van der Waals surface area (Å²) in [5, 5.41) is 8.72. The highest BCUT2D eigenvalue weighted by Crippen LogP contribution is 2.23. The molecule has 76 valence electrons. The molecule has 0 aromatic rings. The highest BCUT2D eigenvalue weighted by Gasteiger charge is 2.35. The van der Waals surface area contributed by atoms with Gasteiger partial charge in [0.25, 0.3) is 6.43 Å². The van der Waals surface area contributed by atoms with E-state index in [1.165, 1.54) is 4.90 Å². The zero-order chi connectivity index (χ0) is 10.0. The first-order valence-electron chi connectivity index (χ1n) is 4.24. The summed E-state index contributed by atoms with van der Waals surface area (Å²) in [6.45, 7) is 2.18. The van der Waals surface area contributed by atoms with Gasteiger partial charge in [-0.25, -0.2) is 8.78 Å². The normalized spacial score (nSPS) is 29.8. The number of carboxylic acids is 1. The van der Waals surface area contributed by atoms with E-state index in [2.05, 4.69) is 0 Å². The van der Waals surface area contributed by atoms with Gasteiger partial charge >= 0.3 is 5.97 Å². The summed E-state index contributed by atoms with van der Waals surface area (Å²) in [4.78, 5) is 12.1. The molecule has 0 radical (unpaired) electrons. The second-order valence-electron chi connectivity index (χ2n) is 3.53. The number of rotatable bonds is 3. The van der Waals surface area contributed by atoms with Crippen LogP contribution >= 0.6 is 0 Å². The summed E-state index contributed by atoms with van der Waals surface area (Å²) in [6, 6.07) is 0. The smallest absolute Gasteiger partial charge is 0.308 e. The van der Waals surface area contributed by atoms with Crippen molar-refractivity contribution in [3.05, 3.63) is 0 Å². The lowest BCUT2D eigenvalue weighted by Crippen LogP contribution is -2.27. The highest BCUT2D eigenvalue weighted by molar-refractivity contribution is 5.71. The Labute approximate surface area is 75.3 Å². The van der Waals surface area contributed by atoms with Crippen molar-refractivity contribution in [2.75, 3.05) is 19.6 Å². The Morgan fingerprint density at radius 1 is 1.62 bits per heavy atom. The summed E-state index contributed by atoms with van der Waals surface area (Å²) >= 11 is 0. The van der Waals surface area contributed by atoms with Gasteiger partial charge in [-0.2, -0.15) is 0 Å². The van der Waals surface area contributed by atoms with Crippen molar-refractivity contribution in [3.63, 3.8) is 0 Å². The number of halogens is 2. The van der Waals surface area contributed by atoms with Gasteiger partial charge in [0.05, 0.1) is 12.5 Å². The fourth-order valence-electron chi connectivity index (χ4n) is 1.73. The van der Waals surface area contributed by atoms with E-state index in [4.69, 9.17) is 5.11 Å². The van der Waals surface area contributed by atoms with E-state index in [1.807, 2.05) is 0 Å². The molecule has 5 heteroatoms. The molecule has 2 unspecified atom stereocenters. The van der Waals surface area contributed by atoms with Gasteiger partial charge in [0, 0.05) is 13.1 Å². The topological polar surface area (TPSA) is 40.5 Å². The molecule has 1 fully saturated rings. The van der Waals surface area contributed by atoms with E-state index < -0.39 is 18.3 Å². The molecule has 0 bridgehead atoms. The number of hydrogen-bond acceptors (Lipinski definition) is 2. The van der Waals surface area contributed by atoms with Gasteiger partial charge in [-0.1, -0.05) is 6.92 Å². The Hall–Kier alpha value is -0.710. The number of nitrogens with zero attached hydrogens (tertiary/aromatic N) is 1. The standard InChI is InChI=1S/C8H13F2NO2/c1-5-2-11(4-7(9)10)3-6(5)8(12)13/h5-7H,2-4H2,1H3,(H,12,13). The second-order valence-corrected chi connectivity index (χ2v) is 3.53. The van der Waals surface area contributed by atoms with Crippen LogP contribution in [-0.2, 0) is 4.79 Å². The minimum atomic E-state index is -2.38. The molecule has 0 saturated carbocycles. The Morgan fingerprint density at radius 2 is 2.23 bits per heavy atom. The molecule has 2 atom stereocenters. The van der Waals surface area contributed by atoms with Gasteiger partial charge in [-0.05, 0) is 5.92 Å². The van der Waals surface area contributed by atoms with Crippen molar-refractivity contribution >= 4 is 5.97 Å². The maximum atomic E-state index is 12.0. The lowest BCUT2D eigenvalue weighted by molar-refractivity contribution is -0.142. The molecule has 1 aliphatic heterocycles. The van der Waals surface area contributed by atoms with Crippen LogP contribution in [0.5, 0.6) is 0 Å². The van der Waals surface area contributed by atoms with Crippen LogP contribution in [0.4, 0.5) is 8.78 Å². The third kappa shape index (κ3) is 2.62. The van der Waals surface area contributed by atoms with Crippen molar-refractivity contribution < 1.29 is 18.7 Å². The Kier molecular flexibility index (Phi) is 3.19. The number of alkyl halides is 2. The van der Waals surface area contributed by atoms with Crippen LogP contribution in [0, 0.1) is 11.8 Å². The molecule has 0 aliphatic carbocycles. The molecular formula is C8H13F2NO2. The van der Waals surface area contributed by atoms with Crippen LogP contribution in [-0.4, -0.2) is 42.0 Å². The number of carbonyl (C=O) groups is 1. The SMILES string of the molecule is CC1CN(CC(F)F)CC1C(=O)O. The molecule has 1 aliphatic rings. The summed E-state index contributed by atoms with van der Waals surface area (Å²) in [5.41, 5.74) is 0. The predicted octanol–water partition coefficient (Wildman–Crippen LogP) is 0.904. The zero-order valence-corrected chi connectivity index (χ0v) is 7.41. The fraction of sp³-hybridized carbons (Fsp3) is 0.875. The maximum Gasteiger partial charge on any atom is 0.308 e. The molecule has 0 spiro atoms. The lowest BCUT2D eigenvalue weighted by Gasteiger charge is -2.13. The monoisotopic (exact) mass is 193 g/mol. The van der Waals surface area contributed by atoms with Crippen molar-refractivity contribution in [2.24, 2.45) is 11.8 Å². The molecule has 1 N–H and O–H groups in total. The number of carboxylic acid groups (broad SMARTS) is 1. The van der Waals surface area contributed by atoms with Gasteiger partial charge in [-0.3, -0.25) is 9.69 Å². The van der Waals surface area contributed by atoms with Gasteiger partial charge < -0.3 is 5.11 Å². The molecule has 3 nitrogen and oxygen atoms in total. The van der Waals surface area contributed by atoms with Crippen LogP contribution in [0.15, 0.2) is 0 Å². The van der Waals surface area contributed by atoms with Crippen molar-refractivity contribution in [1.82, 2.24) is 4.90 Å². The van der Waals surface area contributed by atoms with Gasteiger partial charge in [0.15, 0.2) is 0 Å². The quantitative estimate of drug-likeness (QED) is 0.724. The average Bonchev–Trinajstić information content (AvgIpc) is 2.29. The summed E-state index contributed by atoms with van der Waals surface area (Å²) in [7, 11) is 0. The predicted molar refractivity (Wildman–Crippen MR) is 42.7 cm³/mol. The highest BCUT2D eigenvalue weighted by atomic mass is 19.3. The molecule has 0 aromatic heterocycles. The number of likely N-dealkylation sites (tertiary alicyclic amines) is 1. The van der Waals surface area contributed by atoms with Crippen molar-refractivity contribution in [1.29, 1.82) is 0 Å². The van der Waals surface area contributed by atoms with Crippen molar-refractivity contribution in [3.8, 4) is 0 Å². The Bertz CT molecular complexity index is 199. The molecule has 13 heavy (non-hydrogen) atoms. The average molecular weight is 193 g/mol. The maximum absolute atomic E-state index is 12.0. The molecule has 1 saturated heterocycles. The molecule has 1 rings (SSSR count). The largest absolute Gasteiger partial charge is 0.481 e. The third-order valence-corrected chi connectivity index (χ3v) is 2.40. The van der Waals surface area contributed by atoms with Crippen LogP contribution in [0.3, 0.4) is 0 Å². The van der Waals surface area contributed by atoms with E-state index in [9.17, 15) is 13.6 Å². The minimum Gasteiger partial charge on any atom is -0.481 e.